The fourth-order valence-corrected chi connectivity index (χ4v) is 2.44. The molecule has 90 valence electrons. The van der Waals surface area contributed by atoms with Crippen LogP contribution in [0.25, 0.3) is 0 Å². The van der Waals surface area contributed by atoms with Crippen molar-refractivity contribution < 1.29 is 4.74 Å². The van der Waals surface area contributed by atoms with E-state index in [0.29, 0.717) is 6.04 Å². The molecule has 0 aromatic rings. The minimum Gasteiger partial charge on any atom is -0.383 e. The first-order chi connectivity index (χ1) is 7.27. The third-order valence-electron chi connectivity index (χ3n) is 3.35. The Balaban J connectivity index is 2.33. The van der Waals surface area contributed by atoms with Gasteiger partial charge in [-0.05, 0) is 38.6 Å². The van der Waals surface area contributed by atoms with E-state index in [1.165, 1.54) is 38.6 Å². The van der Waals surface area contributed by atoms with Crippen LogP contribution in [0.1, 0.15) is 39.0 Å². The SMILES string of the molecule is CCCN(CCOC)C1CCC(N)CC1. The third-order valence-corrected chi connectivity index (χ3v) is 3.35. The first-order valence-electron chi connectivity index (χ1n) is 6.26. The van der Waals surface area contributed by atoms with Gasteiger partial charge in [0.2, 0.25) is 0 Å². The van der Waals surface area contributed by atoms with Crippen LogP contribution in [0, 0.1) is 0 Å². The highest BCUT2D eigenvalue weighted by molar-refractivity contribution is 4.80. The predicted octanol–water partition coefficient (Wildman–Crippen LogP) is 1.61. The van der Waals surface area contributed by atoms with E-state index in [1.54, 1.807) is 7.11 Å². The van der Waals surface area contributed by atoms with Crippen LogP contribution in [-0.2, 0) is 4.74 Å². The molecule has 2 N–H and O–H groups in total. The molecule has 0 bridgehead atoms. The van der Waals surface area contributed by atoms with E-state index >= 15 is 0 Å². The van der Waals surface area contributed by atoms with Crippen LogP contribution in [-0.4, -0.2) is 43.8 Å². The Morgan fingerprint density at radius 1 is 1.20 bits per heavy atom. The summed E-state index contributed by atoms with van der Waals surface area (Å²) >= 11 is 0. The van der Waals surface area contributed by atoms with Crippen molar-refractivity contribution in [3.8, 4) is 0 Å². The van der Waals surface area contributed by atoms with Gasteiger partial charge < -0.3 is 10.5 Å². The van der Waals surface area contributed by atoms with Crippen LogP contribution in [0.4, 0.5) is 0 Å². The van der Waals surface area contributed by atoms with Gasteiger partial charge in [-0.1, -0.05) is 6.92 Å². The van der Waals surface area contributed by atoms with E-state index in [4.69, 9.17) is 10.5 Å². The summed E-state index contributed by atoms with van der Waals surface area (Å²) in [4.78, 5) is 2.58. The van der Waals surface area contributed by atoms with Gasteiger partial charge >= 0.3 is 0 Å². The zero-order valence-corrected chi connectivity index (χ0v) is 10.2. The average molecular weight is 214 g/mol. The molecule has 0 amide bonds. The fraction of sp³-hybridized carbons (Fsp3) is 1.00. The maximum Gasteiger partial charge on any atom is 0.0589 e. The number of hydrogen-bond acceptors (Lipinski definition) is 3. The van der Waals surface area contributed by atoms with Crippen molar-refractivity contribution in [1.82, 2.24) is 4.90 Å². The van der Waals surface area contributed by atoms with Crippen LogP contribution >= 0.6 is 0 Å². The molecule has 15 heavy (non-hydrogen) atoms. The van der Waals surface area contributed by atoms with Crippen molar-refractivity contribution in [2.75, 3.05) is 26.8 Å². The van der Waals surface area contributed by atoms with E-state index in [0.717, 1.165) is 19.2 Å². The summed E-state index contributed by atoms with van der Waals surface area (Å²) in [6, 6.07) is 1.20. The molecule has 0 aromatic heterocycles. The molecule has 0 heterocycles. The lowest BCUT2D eigenvalue weighted by Gasteiger charge is -2.35. The zero-order valence-electron chi connectivity index (χ0n) is 10.2. The molecule has 1 aliphatic carbocycles. The molecule has 0 spiro atoms. The average Bonchev–Trinajstić information content (AvgIpc) is 2.25. The smallest absolute Gasteiger partial charge is 0.0589 e. The van der Waals surface area contributed by atoms with Gasteiger partial charge in [-0.15, -0.1) is 0 Å². The van der Waals surface area contributed by atoms with Gasteiger partial charge in [-0.3, -0.25) is 4.90 Å². The van der Waals surface area contributed by atoms with Crippen molar-refractivity contribution in [2.45, 2.75) is 51.1 Å². The van der Waals surface area contributed by atoms with E-state index in [9.17, 15) is 0 Å². The molecule has 0 aliphatic heterocycles. The number of nitrogens with zero attached hydrogens (tertiary/aromatic N) is 1. The molecule has 0 radical (unpaired) electrons. The maximum atomic E-state index is 5.93. The topological polar surface area (TPSA) is 38.5 Å². The Labute approximate surface area is 94.0 Å². The van der Waals surface area contributed by atoms with Crippen molar-refractivity contribution >= 4 is 0 Å². The van der Waals surface area contributed by atoms with Gasteiger partial charge in [0.25, 0.3) is 0 Å². The van der Waals surface area contributed by atoms with Gasteiger partial charge in [0.1, 0.15) is 0 Å². The van der Waals surface area contributed by atoms with Gasteiger partial charge in [0, 0.05) is 25.7 Å². The molecular weight excluding hydrogens is 188 g/mol. The lowest BCUT2D eigenvalue weighted by molar-refractivity contribution is 0.0993. The summed E-state index contributed by atoms with van der Waals surface area (Å²) in [5, 5.41) is 0. The zero-order chi connectivity index (χ0) is 11.1. The summed E-state index contributed by atoms with van der Waals surface area (Å²) in [5.41, 5.74) is 5.93. The first kappa shape index (κ1) is 12.9. The normalized spacial score (nSPS) is 27.2. The van der Waals surface area contributed by atoms with E-state index in [1.807, 2.05) is 0 Å². The largest absolute Gasteiger partial charge is 0.383 e. The molecule has 3 nitrogen and oxygen atoms in total. The van der Waals surface area contributed by atoms with Gasteiger partial charge in [0.15, 0.2) is 0 Å². The standard InChI is InChI=1S/C12H26N2O/c1-3-8-14(9-10-15-2)12-6-4-11(13)5-7-12/h11-12H,3-10,13H2,1-2H3. The molecule has 0 aromatic carbocycles. The maximum absolute atomic E-state index is 5.93. The molecule has 0 saturated heterocycles. The molecule has 3 heteroatoms. The van der Waals surface area contributed by atoms with E-state index in [-0.39, 0.29) is 0 Å². The third kappa shape index (κ3) is 4.49. The predicted molar refractivity (Wildman–Crippen MR) is 64.0 cm³/mol. The van der Waals surface area contributed by atoms with Gasteiger partial charge in [-0.2, -0.15) is 0 Å². The van der Waals surface area contributed by atoms with E-state index < -0.39 is 0 Å². The van der Waals surface area contributed by atoms with Crippen LogP contribution < -0.4 is 5.73 Å². The highest BCUT2D eigenvalue weighted by atomic mass is 16.5. The highest BCUT2D eigenvalue weighted by Crippen LogP contribution is 2.22. The second-order valence-corrected chi connectivity index (χ2v) is 4.60. The van der Waals surface area contributed by atoms with Crippen molar-refractivity contribution in [2.24, 2.45) is 5.73 Å². The number of rotatable bonds is 6. The summed E-state index contributed by atoms with van der Waals surface area (Å²) in [5.74, 6) is 0. The monoisotopic (exact) mass is 214 g/mol. The Bertz CT molecular complexity index is 156. The number of ether oxygens (including phenoxy) is 1. The summed E-state index contributed by atoms with van der Waals surface area (Å²) in [6.07, 6.45) is 6.15. The Hall–Kier alpha value is -0.120. The van der Waals surface area contributed by atoms with Crippen LogP contribution in [0.2, 0.25) is 0 Å². The molecular formula is C12H26N2O. The van der Waals surface area contributed by atoms with Crippen molar-refractivity contribution in [1.29, 1.82) is 0 Å². The van der Waals surface area contributed by atoms with Crippen LogP contribution in [0.15, 0.2) is 0 Å². The highest BCUT2D eigenvalue weighted by Gasteiger charge is 2.23. The van der Waals surface area contributed by atoms with Gasteiger partial charge in [0.05, 0.1) is 6.61 Å². The number of methoxy groups -OCH3 is 1. The minimum absolute atomic E-state index is 0.451. The van der Waals surface area contributed by atoms with Crippen molar-refractivity contribution in [3.63, 3.8) is 0 Å². The Morgan fingerprint density at radius 3 is 2.40 bits per heavy atom. The minimum atomic E-state index is 0.451. The van der Waals surface area contributed by atoms with E-state index in [2.05, 4.69) is 11.8 Å². The number of nitrogens with two attached hydrogens (primary N) is 1. The lowest BCUT2D eigenvalue weighted by Crippen LogP contribution is -2.42. The molecule has 1 rings (SSSR count). The summed E-state index contributed by atoms with van der Waals surface area (Å²) in [7, 11) is 1.78. The fourth-order valence-electron chi connectivity index (χ4n) is 2.44. The second-order valence-electron chi connectivity index (χ2n) is 4.60. The Morgan fingerprint density at radius 2 is 1.87 bits per heavy atom. The molecule has 1 saturated carbocycles. The van der Waals surface area contributed by atoms with Gasteiger partial charge in [-0.25, -0.2) is 0 Å². The second kappa shape index (κ2) is 7.20. The number of hydrogen-bond donors (Lipinski definition) is 1. The molecule has 1 fully saturated rings. The molecule has 0 unspecified atom stereocenters. The summed E-state index contributed by atoms with van der Waals surface area (Å²) < 4.78 is 5.16. The quantitative estimate of drug-likeness (QED) is 0.730. The van der Waals surface area contributed by atoms with Crippen molar-refractivity contribution in [3.05, 3.63) is 0 Å². The molecule has 0 atom stereocenters. The lowest BCUT2D eigenvalue weighted by atomic mass is 9.90. The summed E-state index contributed by atoms with van der Waals surface area (Å²) in [6.45, 7) is 5.37. The Kier molecular flexibility index (Phi) is 6.22. The first-order valence-corrected chi connectivity index (χ1v) is 6.26. The van der Waals surface area contributed by atoms with Crippen LogP contribution in [0.5, 0.6) is 0 Å². The van der Waals surface area contributed by atoms with Crippen LogP contribution in [0.3, 0.4) is 0 Å². The molecule has 1 aliphatic rings.